The van der Waals surface area contributed by atoms with E-state index in [-0.39, 0.29) is 5.91 Å². The Morgan fingerprint density at radius 1 is 0.879 bits per heavy atom. The van der Waals surface area contributed by atoms with Crippen molar-refractivity contribution in [1.29, 1.82) is 0 Å². The van der Waals surface area contributed by atoms with E-state index in [0.29, 0.717) is 23.6 Å². The molecule has 0 aliphatic carbocycles. The molecule has 1 aliphatic rings. The number of benzene rings is 2. The van der Waals surface area contributed by atoms with E-state index in [2.05, 4.69) is 39.4 Å². The summed E-state index contributed by atoms with van der Waals surface area (Å²) < 4.78 is 10.5. The molecule has 0 unspecified atom stereocenters. The normalized spacial score (nSPS) is 13.3. The van der Waals surface area contributed by atoms with Crippen molar-refractivity contribution in [3.63, 3.8) is 0 Å². The molecule has 0 radical (unpaired) electrons. The number of aliphatic carboxylic acids is 2. The van der Waals surface area contributed by atoms with Crippen molar-refractivity contribution in [3.05, 3.63) is 48.5 Å². The van der Waals surface area contributed by atoms with Crippen LogP contribution in [-0.4, -0.2) is 79.9 Å². The van der Waals surface area contributed by atoms with Crippen LogP contribution in [-0.2, 0) is 14.4 Å². The van der Waals surface area contributed by atoms with Crippen LogP contribution in [0.1, 0.15) is 6.42 Å². The maximum Gasteiger partial charge on any atom is 0.414 e. The zero-order valence-electron chi connectivity index (χ0n) is 18.7. The van der Waals surface area contributed by atoms with Crippen molar-refractivity contribution in [2.24, 2.45) is 0 Å². The van der Waals surface area contributed by atoms with Crippen LogP contribution in [0.2, 0.25) is 0 Å². The van der Waals surface area contributed by atoms with Gasteiger partial charge in [0.15, 0.2) is 0 Å². The molecular formula is C23H29N3O7. The first-order chi connectivity index (χ1) is 15.8. The Labute approximate surface area is 192 Å². The molecule has 1 heterocycles. The molecule has 0 aromatic heterocycles. The number of carbonyl (C=O) groups excluding carboxylic acids is 1. The van der Waals surface area contributed by atoms with E-state index in [0.717, 1.165) is 32.7 Å². The molecule has 3 N–H and O–H groups in total. The monoisotopic (exact) mass is 459 g/mol. The van der Waals surface area contributed by atoms with E-state index in [1.54, 1.807) is 32.4 Å². The van der Waals surface area contributed by atoms with E-state index in [4.69, 9.17) is 29.3 Å². The standard InChI is InChI=1S/C21H27N3O3.C2H2O4/c1-26-19-14-17(15-20(16-19)27-2)22-21(25)8-9-23-10-12-24(13-11-23)18-6-4-3-5-7-18;3-1(4)2(5)6/h3-7,14-16H,8-13H2,1-2H3,(H,22,25);(H,3,4)(H,5,6). The molecule has 1 fully saturated rings. The topological polar surface area (TPSA) is 129 Å². The number of hydrogen-bond acceptors (Lipinski definition) is 7. The van der Waals surface area contributed by atoms with Crippen LogP contribution < -0.4 is 19.7 Å². The zero-order valence-corrected chi connectivity index (χ0v) is 18.7. The Kier molecular flexibility index (Phi) is 9.97. The van der Waals surface area contributed by atoms with Crippen LogP contribution in [0.4, 0.5) is 11.4 Å². The largest absolute Gasteiger partial charge is 0.497 e. The number of ether oxygens (including phenoxy) is 2. The molecule has 2 aromatic rings. The Balaban J connectivity index is 0.000000569. The van der Waals surface area contributed by atoms with Crippen molar-refractivity contribution in [2.75, 3.05) is 57.2 Å². The molecule has 178 valence electrons. The van der Waals surface area contributed by atoms with Gasteiger partial charge in [0.25, 0.3) is 0 Å². The molecule has 0 atom stereocenters. The van der Waals surface area contributed by atoms with Gasteiger partial charge in [-0.25, -0.2) is 9.59 Å². The van der Waals surface area contributed by atoms with E-state index in [1.807, 2.05) is 6.07 Å². The number of hydrogen-bond donors (Lipinski definition) is 3. The third kappa shape index (κ3) is 8.69. The first kappa shape index (κ1) is 25.5. The van der Waals surface area contributed by atoms with Gasteiger partial charge in [-0.2, -0.15) is 0 Å². The molecule has 0 spiro atoms. The molecule has 2 aromatic carbocycles. The SMILES string of the molecule is COc1cc(NC(=O)CCN2CCN(c3ccccc3)CC2)cc(OC)c1.O=C(O)C(=O)O. The van der Waals surface area contributed by atoms with Crippen LogP contribution in [0.15, 0.2) is 48.5 Å². The van der Waals surface area contributed by atoms with Crippen molar-refractivity contribution >= 4 is 29.2 Å². The lowest BCUT2D eigenvalue weighted by Crippen LogP contribution is -2.47. The fourth-order valence-corrected chi connectivity index (χ4v) is 3.23. The fourth-order valence-electron chi connectivity index (χ4n) is 3.23. The van der Waals surface area contributed by atoms with Crippen molar-refractivity contribution in [3.8, 4) is 11.5 Å². The average molecular weight is 459 g/mol. The number of anilines is 2. The van der Waals surface area contributed by atoms with E-state index >= 15 is 0 Å². The summed E-state index contributed by atoms with van der Waals surface area (Å²) in [4.78, 5) is 35.2. The Morgan fingerprint density at radius 3 is 1.91 bits per heavy atom. The number of piperazine rings is 1. The molecule has 10 nitrogen and oxygen atoms in total. The molecule has 0 saturated carbocycles. The number of carbonyl (C=O) groups is 3. The van der Waals surface area contributed by atoms with Gasteiger partial charge >= 0.3 is 11.9 Å². The molecule has 1 amide bonds. The maximum atomic E-state index is 12.3. The number of amides is 1. The number of carboxylic acid groups (broad SMARTS) is 2. The van der Waals surface area contributed by atoms with Gasteiger partial charge in [-0.05, 0) is 12.1 Å². The lowest BCUT2D eigenvalue weighted by molar-refractivity contribution is -0.159. The van der Waals surface area contributed by atoms with Crippen LogP contribution >= 0.6 is 0 Å². The number of nitrogens with one attached hydrogen (secondary N) is 1. The minimum atomic E-state index is -1.82. The van der Waals surface area contributed by atoms with Crippen LogP contribution in [0.3, 0.4) is 0 Å². The molecule has 33 heavy (non-hydrogen) atoms. The molecule has 1 aliphatic heterocycles. The summed E-state index contributed by atoms with van der Waals surface area (Å²) in [5.41, 5.74) is 1.95. The van der Waals surface area contributed by atoms with Crippen molar-refractivity contribution in [2.45, 2.75) is 6.42 Å². The smallest absolute Gasteiger partial charge is 0.414 e. The fraction of sp³-hybridized carbons (Fsp3) is 0.348. The minimum Gasteiger partial charge on any atom is -0.497 e. The second kappa shape index (κ2) is 12.9. The second-order valence-electron chi connectivity index (χ2n) is 7.17. The van der Waals surface area contributed by atoms with Gasteiger partial charge in [0.1, 0.15) is 11.5 Å². The number of nitrogens with zero attached hydrogens (tertiary/aromatic N) is 2. The third-order valence-corrected chi connectivity index (χ3v) is 4.97. The Morgan fingerprint density at radius 2 is 1.42 bits per heavy atom. The molecule has 1 saturated heterocycles. The van der Waals surface area contributed by atoms with E-state index in [1.165, 1.54) is 5.69 Å². The highest BCUT2D eigenvalue weighted by molar-refractivity contribution is 6.27. The van der Waals surface area contributed by atoms with Gasteiger partial charge in [-0.1, -0.05) is 18.2 Å². The number of methoxy groups -OCH3 is 2. The zero-order chi connectivity index (χ0) is 24.2. The number of para-hydroxylation sites is 1. The maximum absolute atomic E-state index is 12.3. The average Bonchev–Trinajstić information content (AvgIpc) is 2.83. The first-order valence-corrected chi connectivity index (χ1v) is 10.3. The van der Waals surface area contributed by atoms with Gasteiger partial charge in [0.2, 0.25) is 5.91 Å². The summed E-state index contributed by atoms with van der Waals surface area (Å²) in [5, 5.41) is 17.7. The number of carboxylic acids is 2. The van der Waals surface area contributed by atoms with E-state index < -0.39 is 11.9 Å². The van der Waals surface area contributed by atoms with Crippen molar-refractivity contribution in [1.82, 2.24) is 4.90 Å². The molecular weight excluding hydrogens is 430 g/mol. The highest BCUT2D eigenvalue weighted by atomic mass is 16.5. The predicted molar refractivity (Wildman–Crippen MR) is 123 cm³/mol. The van der Waals surface area contributed by atoms with Gasteiger partial charge in [0.05, 0.1) is 14.2 Å². The predicted octanol–water partition coefficient (Wildman–Crippen LogP) is 2.01. The molecule has 0 bridgehead atoms. The quantitative estimate of drug-likeness (QED) is 0.533. The molecule has 3 rings (SSSR count). The second-order valence-corrected chi connectivity index (χ2v) is 7.17. The number of rotatable bonds is 7. The summed E-state index contributed by atoms with van der Waals surface area (Å²) in [7, 11) is 3.19. The molecule has 10 heteroatoms. The summed E-state index contributed by atoms with van der Waals surface area (Å²) in [6, 6.07) is 15.8. The summed E-state index contributed by atoms with van der Waals surface area (Å²) >= 11 is 0. The van der Waals surface area contributed by atoms with Crippen LogP contribution in [0, 0.1) is 0 Å². The van der Waals surface area contributed by atoms with Crippen LogP contribution in [0.25, 0.3) is 0 Å². The summed E-state index contributed by atoms with van der Waals surface area (Å²) in [5.74, 6) is -2.34. The highest BCUT2D eigenvalue weighted by Gasteiger charge is 2.17. The van der Waals surface area contributed by atoms with Gasteiger partial charge in [-0.3, -0.25) is 9.69 Å². The van der Waals surface area contributed by atoms with Crippen molar-refractivity contribution < 1.29 is 34.1 Å². The third-order valence-electron chi connectivity index (χ3n) is 4.97. The summed E-state index contributed by atoms with van der Waals surface area (Å²) in [6.45, 7) is 4.66. The summed E-state index contributed by atoms with van der Waals surface area (Å²) in [6.07, 6.45) is 0.463. The Hall–Kier alpha value is -3.79. The van der Waals surface area contributed by atoms with Crippen LogP contribution in [0.5, 0.6) is 11.5 Å². The van der Waals surface area contributed by atoms with E-state index in [9.17, 15) is 4.79 Å². The lowest BCUT2D eigenvalue weighted by atomic mass is 10.2. The first-order valence-electron chi connectivity index (χ1n) is 10.3. The van der Waals surface area contributed by atoms with Gasteiger partial charge in [-0.15, -0.1) is 0 Å². The highest BCUT2D eigenvalue weighted by Crippen LogP contribution is 2.25. The Bertz CT molecular complexity index is 895. The van der Waals surface area contributed by atoms with Gasteiger partial charge < -0.3 is 29.9 Å². The lowest BCUT2D eigenvalue weighted by Gasteiger charge is -2.36. The van der Waals surface area contributed by atoms with Gasteiger partial charge in [0, 0.05) is 68.7 Å². The minimum absolute atomic E-state index is 0.00389.